The van der Waals surface area contributed by atoms with Crippen LogP contribution in [0, 0.1) is 0 Å². The zero-order valence-corrected chi connectivity index (χ0v) is 11.8. The van der Waals surface area contributed by atoms with Crippen LogP contribution in [0.3, 0.4) is 0 Å². The van der Waals surface area contributed by atoms with Gasteiger partial charge in [-0.2, -0.15) is 0 Å². The Kier molecular flexibility index (Phi) is 3.91. The minimum atomic E-state index is -0.427. The summed E-state index contributed by atoms with van der Waals surface area (Å²) in [6.45, 7) is 4.09. The van der Waals surface area contributed by atoms with E-state index in [2.05, 4.69) is 25.9 Å². The molecule has 5 heteroatoms. The second kappa shape index (κ2) is 5.44. The third-order valence-corrected chi connectivity index (χ3v) is 3.25. The van der Waals surface area contributed by atoms with E-state index in [1.54, 1.807) is 13.1 Å². The average molecular weight is 309 g/mol. The van der Waals surface area contributed by atoms with Gasteiger partial charge in [0.2, 0.25) is 0 Å². The topological polar surface area (TPSA) is 52.1 Å². The second-order valence-electron chi connectivity index (χ2n) is 3.73. The van der Waals surface area contributed by atoms with E-state index in [0.29, 0.717) is 12.1 Å². The largest absolute Gasteiger partial charge is 0.461 e. The van der Waals surface area contributed by atoms with Gasteiger partial charge in [0.05, 0.1) is 6.61 Å². The standard InChI is InChI=1S/C13H13BrN2O2/c1-3-8-7-9-10(14)5-6-15-11(9)12(16-8)13(17)18-4-2/h5-7H,3-4H2,1-2H3. The predicted molar refractivity (Wildman–Crippen MR) is 72.6 cm³/mol. The van der Waals surface area contributed by atoms with Gasteiger partial charge in [-0.1, -0.05) is 22.9 Å². The first-order valence-electron chi connectivity index (χ1n) is 5.78. The summed E-state index contributed by atoms with van der Waals surface area (Å²) >= 11 is 3.46. The zero-order chi connectivity index (χ0) is 13.1. The van der Waals surface area contributed by atoms with Crippen LogP contribution in [0.4, 0.5) is 0 Å². The lowest BCUT2D eigenvalue weighted by Crippen LogP contribution is -2.10. The monoisotopic (exact) mass is 308 g/mol. The van der Waals surface area contributed by atoms with E-state index < -0.39 is 5.97 Å². The summed E-state index contributed by atoms with van der Waals surface area (Å²) in [5.41, 5.74) is 1.70. The molecule has 0 unspecified atom stereocenters. The molecule has 94 valence electrons. The number of rotatable bonds is 3. The van der Waals surface area contributed by atoms with Crippen LogP contribution in [-0.2, 0) is 11.2 Å². The lowest BCUT2D eigenvalue weighted by molar-refractivity contribution is 0.0521. The Morgan fingerprint density at radius 1 is 1.44 bits per heavy atom. The molecule has 0 aliphatic carbocycles. The molecule has 2 heterocycles. The number of carbonyl (C=O) groups excluding carboxylic acids is 1. The van der Waals surface area contributed by atoms with Crippen LogP contribution in [0.25, 0.3) is 10.9 Å². The number of halogens is 1. The highest BCUT2D eigenvalue weighted by molar-refractivity contribution is 9.10. The van der Waals surface area contributed by atoms with Gasteiger partial charge in [0.1, 0.15) is 5.52 Å². The van der Waals surface area contributed by atoms with Crippen LogP contribution < -0.4 is 0 Å². The van der Waals surface area contributed by atoms with Gasteiger partial charge >= 0.3 is 5.97 Å². The van der Waals surface area contributed by atoms with E-state index in [1.165, 1.54) is 0 Å². The SMILES string of the molecule is CCOC(=O)c1nc(CC)cc2c(Br)ccnc12. The number of ether oxygens (including phenoxy) is 1. The Hall–Kier alpha value is -1.49. The average Bonchev–Trinajstić information content (AvgIpc) is 2.38. The quantitative estimate of drug-likeness (QED) is 0.817. The van der Waals surface area contributed by atoms with Gasteiger partial charge in [0, 0.05) is 21.7 Å². The lowest BCUT2D eigenvalue weighted by atomic mass is 10.1. The molecule has 0 N–H and O–H groups in total. The number of esters is 1. The lowest BCUT2D eigenvalue weighted by Gasteiger charge is -2.08. The summed E-state index contributed by atoms with van der Waals surface area (Å²) in [6, 6.07) is 3.78. The van der Waals surface area contributed by atoms with Gasteiger partial charge in [0.15, 0.2) is 5.69 Å². The van der Waals surface area contributed by atoms with Crippen LogP contribution in [0.15, 0.2) is 22.8 Å². The number of fused-ring (bicyclic) bond motifs is 1. The minimum Gasteiger partial charge on any atom is -0.461 e. The summed E-state index contributed by atoms with van der Waals surface area (Å²) in [4.78, 5) is 20.4. The number of nitrogens with zero attached hydrogens (tertiary/aromatic N) is 2. The number of aryl methyl sites for hydroxylation is 1. The van der Waals surface area contributed by atoms with Crippen LogP contribution in [-0.4, -0.2) is 22.5 Å². The Morgan fingerprint density at radius 2 is 2.22 bits per heavy atom. The van der Waals surface area contributed by atoms with Crippen molar-refractivity contribution in [3.63, 3.8) is 0 Å². The molecule has 2 aromatic heterocycles. The molecule has 2 rings (SSSR count). The number of aromatic nitrogens is 2. The maximum atomic E-state index is 11.9. The van der Waals surface area contributed by atoms with Crippen LogP contribution in [0.5, 0.6) is 0 Å². The van der Waals surface area contributed by atoms with Crippen molar-refractivity contribution in [3.05, 3.63) is 34.2 Å². The molecule has 0 radical (unpaired) electrons. The fourth-order valence-electron chi connectivity index (χ4n) is 1.69. The first kappa shape index (κ1) is 13.0. The normalized spacial score (nSPS) is 10.6. The molecule has 0 aliphatic heterocycles. The van der Waals surface area contributed by atoms with E-state index in [-0.39, 0.29) is 5.69 Å². The molecule has 4 nitrogen and oxygen atoms in total. The van der Waals surface area contributed by atoms with Crippen molar-refractivity contribution in [2.24, 2.45) is 0 Å². The highest BCUT2D eigenvalue weighted by Crippen LogP contribution is 2.25. The number of carbonyl (C=O) groups is 1. The highest BCUT2D eigenvalue weighted by atomic mass is 79.9. The smallest absolute Gasteiger partial charge is 0.359 e. The molecule has 0 spiro atoms. The molecule has 0 bridgehead atoms. The van der Waals surface area contributed by atoms with Gasteiger partial charge in [-0.25, -0.2) is 9.78 Å². The van der Waals surface area contributed by atoms with Gasteiger partial charge in [-0.05, 0) is 25.5 Å². The molecule has 18 heavy (non-hydrogen) atoms. The first-order chi connectivity index (χ1) is 8.67. The molecule has 2 aromatic rings. The van der Waals surface area contributed by atoms with Crippen LogP contribution in [0.1, 0.15) is 30.0 Å². The maximum Gasteiger partial charge on any atom is 0.359 e. The van der Waals surface area contributed by atoms with Gasteiger partial charge in [0.25, 0.3) is 0 Å². The summed E-state index contributed by atoms with van der Waals surface area (Å²) in [5.74, 6) is -0.427. The van der Waals surface area contributed by atoms with Crippen LogP contribution >= 0.6 is 15.9 Å². The summed E-state index contributed by atoms with van der Waals surface area (Å²) in [7, 11) is 0. The first-order valence-corrected chi connectivity index (χ1v) is 6.58. The van der Waals surface area contributed by atoms with Crippen molar-refractivity contribution in [3.8, 4) is 0 Å². The molecule has 0 atom stereocenters. The molecule has 0 aromatic carbocycles. The second-order valence-corrected chi connectivity index (χ2v) is 4.58. The summed E-state index contributed by atoms with van der Waals surface area (Å²) in [5, 5.41) is 0.882. The van der Waals surface area contributed by atoms with Gasteiger partial charge < -0.3 is 4.74 Å². The Morgan fingerprint density at radius 3 is 2.89 bits per heavy atom. The van der Waals surface area contributed by atoms with E-state index in [1.807, 2.05) is 19.1 Å². The molecule has 0 aliphatic rings. The third kappa shape index (κ3) is 2.36. The zero-order valence-electron chi connectivity index (χ0n) is 10.2. The van der Waals surface area contributed by atoms with Crippen molar-refractivity contribution in [2.75, 3.05) is 6.61 Å². The van der Waals surface area contributed by atoms with Crippen molar-refractivity contribution < 1.29 is 9.53 Å². The summed E-state index contributed by atoms with van der Waals surface area (Å²) < 4.78 is 5.92. The van der Waals surface area contributed by atoms with Crippen LogP contribution in [0.2, 0.25) is 0 Å². The minimum absolute atomic E-state index is 0.285. The summed E-state index contributed by atoms with van der Waals surface area (Å²) in [6.07, 6.45) is 2.39. The number of pyridine rings is 2. The number of hydrogen-bond donors (Lipinski definition) is 0. The molecular weight excluding hydrogens is 296 g/mol. The van der Waals surface area contributed by atoms with E-state index in [9.17, 15) is 4.79 Å². The maximum absolute atomic E-state index is 11.9. The predicted octanol–water partition coefficient (Wildman–Crippen LogP) is 3.13. The highest BCUT2D eigenvalue weighted by Gasteiger charge is 2.16. The van der Waals surface area contributed by atoms with Crippen molar-refractivity contribution in [1.29, 1.82) is 0 Å². The van der Waals surface area contributed by atoms with E-state index in [0.717, 1.165) is 22.0 Å². The Balaban J connectivity index is 2.70. The van der Waals surface area contributed by atoms with Crippen molar-refractivity contribution >= 4 is 32.8 Å². The Labute approximate surface area is 114 Å². The van der Waals surface area contributed by atoms with E-state index >= 15 is 0 Å². The third-order valence-electron chi connectivity index (χ3n) is 2.56. The fourth-order valence-corrected chi connectivity index (χ4v) is 2.11. The molecule has 0 amide bonds. The molecule has 0 saturated heterocycles. The molecular formula is C13H13BrN2O2. The van der Waals surface area contributed by atoms with E-state index in [4.69, 9.17) is 4.74 Å². The molecule has 0 saturated carbocycles. The van der Waals surface area contributed by atoms with Gasteiger partial charge in [-0.3, -0.25) is 4.98 Å². The van der Waals surface area contributed by atoms with Crippen molar-refractivity contribution in [1.82, 2.24) is 9.97 Å². The fraction of sp³-hybridized carbons (Fsp3) is 0.308. The Bertz CT molecular complexity index is 599. The van der Waals surface area contributed by atoms with Crippen molar-refractivity contribution in [2.45, 2.75) is 20.3 Å². The van der Waals surface area contributed by atoms with Gasteiger partial charge in [-0.15, -0.1) is 0 Å². The molecule has 0 fully saturated rings. The number of hydrogen-bond acceptors (Lipinski definition) is 4.